The van der Waals surface area contributed by atoms with Crippen molar-refractivity contribution in [3.8, 4) is 0 Å². The lowest BCUT2D eigenvalue weighted by molar-refractivity contribution is -0.452. The molecule has 0 bridgehead atoms. The van der Waals surface area contributed by atoms with E-state index in [0.29, 0.717) is 5.56 Å². The molecule has 0 spiro atoms. The number of aryl methyl sites for hydroxylation is 1. The Hall–Kier alpha value is -2.08. The highest BCUT2D eigenvalue weighted by Crippen LogP contribution is 2.12. The summed E-state index contributed by atoms with van der Waals surface area (Å²) in [5, 5.41) is 4.18. The molecule has 0 saturated carbocycles. The van der Waals surface area contributed by atoms with E-state index in [2.05, 4.69) is 21.7 Å². The molecule has 6 nitrogen and oxygen atoms in total. The van der Waals surface area contributed by atoms with Gasteiger partial charge in [-0.1, -0.05) is 95.2 Å². The van der Waals surface area contributed by atoms with Crippen LogP contribution in [0.4, 0.5) is 4.79 Å². The van der Waals surface area contributed by atoms with Crippen molar-refractivity contribution in [2.75, 3.05) is 6.61 Å². The van der Waals surface area contributed by atoms with E-state index in [1.165, 1.54) is 57.8 Å². The smallest absolute Gasteiger partial charge is 0.432 e. The first-order valence-corrected chi connectivity index (χ1v) is 10.9. The van der Waals surface area contributed by atoms with Crippen molar-refractivity contribution in [1.29, 1.82) is 0 Å². The van der Waals surface area contributed by atoms with E-state index < -0.39 is 12.1 Å². The first-order chi connectivity index (χ1) is 14.1. The van der Waals surface area contributed by atoms with Crippen molar-refractivity contribution in [3.63, 3.8) is 0 Å². The van der Waals surface area contributed by atoms with E-state index in [1.807, 2.05) is 6.92 Å². The van der Waals surface area contributed by atoms with Crippen LogP contribution in [0.3, 0.4) is 0 Å². The molecule has 0 saturated heterocycles. The highest BCUT2D eigenvalue weighted by Gasteiger charge is 2.11. The second-order valence-corrected chi connectivity index (χ2v) is 7.38. The van der Waals surface area contributed by atoms with E-state index in [0.717, 1.165) is 24.8 Å². The zero-order chi connectivity index (χ0) is 21.2. The standard InChI is InChI=1S/C23H36O6/c1-3-4-5-6-7-8-9-10-11-12-13-14-19-26-23(25)28-29-27-22(24)21-17-15-20(2)16-18-21/h15-18H,3-14,19H2,1-2H3. The summed E-state index contributed by atoms with van der Waals surface area (Å²) in [6.07, 6.45) is 13.8. The van der Waals surface area contributed by atoms with E-state index in [4.69, 9.17) is 4.74 Å². The first-order valence-electron chi connectivity index (χ1n) is 10.9. The molecule has 1 aromatic carbocycles. The lowest BCUT2D eigenvalue weighted by Crippen LogP contribution is -2.12. The Balaban J connectivity index is 1.88. The Kier molecular flexibility index (Phi) is 14.5. The molecule has 1 aromatic rings. The van der Waals surface area contributed by atoms with Gasteiger partial charge < -0.3 is 4.74 Å². The van der Waals surface area contributed by atoms with Crippen molar-refractivity contribution in [1.82, 2.24) is 0 Å². The van der Waals surface area contributed by atoms with E-state index >= 15 is 0 Å². The minimum absolute atomic E-state index is 0.255. The van der Waals surface area contributed by atoms with Crippen LogP contribution < -0.4 is 0 Å². The van der Waals surface area contributed by atoms with Crippen LogP contribution in [0.2, 0.25) is 0 Å². The molecule has 164 valence electrons. The number of unbranched alkanes of at least 4 members (excludes halogenated alkanes) is 11. The summed E-state index contributed by atoms with van der Waals surface area (Å²) in [5.74, 6) is -0.751. The molecular weight excluding hydrogens is 372 g/mol. The summed E-state index contributed by atoms with van der Waals surface area (Å²) >= 11 is 0. The summed E-state index contributed by atoms with van der Waals surface area (Å²) < 4.78 is 4.86. The largest absolute Gasteiger partial charge is 0.543 e. The molecule has 0 N–H and O–H groups in total. The van der Waals surface area contributed by atoms with Crippen molar-refractivity contribution < 1.29 is 29.1 Å². The van der Waals surface area contributed by atoms with Crippen molar-refractivity contribution >= 4 is 12.1 Å². The summed E-state index contributed by atoms with van der Waals surface area (Å²) in [7, 11) is 0. The van der Waals surface area contributed by atoms with Gasteiger partial charge in [0.25, 0.3) is 0 Å². The quantitative estimate of drug-likeness (QED) is 0.129. The molecule has 0 aromatic heterocycles. The van der Waals surface area contributed by atoms with Gasteiger partial charge in [0, 0.05) is 0 Å². The summed E-state index contributed by atoms with van der Waals surface area (Å²) in [6, 6.07) is 6.71. The lowest BCUT2D eigenvalue weighted by Gasteiger charge is -2.05. The molecule has 6 heteroatoms. The van der Waals surface area contributed by atoms with Gasteiger partial charge in [0.2, 0.25) is 0 Å². The molecule has 0 amide bonds. The second-order valence-electron chi connectivity index (χ2n) is 7.38. The van der Waals surface area contributed by atoms with E-state index in [1.54, 1.807) is 24.3 Å². The fraction of sp³-hybridized carbons (Fsp3) is 0.652. The van der Waals surface area contributed by atoms with Gasteiger partial charge in [-0.15, -0.1) is 0 Å². The molecule has 0 radical (unpaired) electrons. The molecule has 0 aliphatic carbocycles. The number of carbonyl (C=O) groups excluding carboxylic acids is 2. The molecule has 0 fully saturated rings. The van der Waals surface area contributed by atoms with Gasteiger partial charge in [-0.2, -0.15) is 0 Å². The molecule has 0 aliphatic rings. The minimum atomic E-state index is -1.02. The molecule has 0 aliphatic heterocycles. The molecule has 0 atom stereocenters. The highest BCUT2D eigenvalue weighted by molar-refractivity contribution is 5.88. The zero-order valence-corrected chi connectivity index (χ0v) is 18.0. The van der Waals surface area contributed by atoms with Crippen LogP contribution in [0.15, 0.2) is 24.3 Å². The number of hydrogen-bond donors (Lipinski definition) is 0. The Bertz CT molecular complexity index is 555. The van der Waals surface area contributed by atoms with Gasteiger partial charge in [0.15, 0.2) is 0 Å². The van der Waals surface area contributed by atoms with Gasteiger partial charge in [-0.3, -0.25) is 4.89 Å². The van der Waals surface area contributed by atoms with Crippen LogP contribution in [-0.4, -0.2) is 18.7 Å². The SMILES string of the molecule is CCCCCCCCCCCCCCOC(=O)OOOC(=O)c1ccc(C)cc1. The fourth-order valence-electron chi connectivity index (χ4n) is 2.94. The van der Waals surface area contributed by atoms with Crippen LogP contribution in [0.5, 0.6) is 0 Å². The molecule has 0 unspecified atom stereocenters. The van der Waals surface area contributed by atoms with Crippen LogP contribution in [0.25, 0.3) is 0 Å². The summed E-state index contributed by atoms with van der Waals surface area (Å²) in [5.41, 5.74) is 1.31. The van der Waals surface area contributed by atoms with Crippen molar-refractivity contribution in [2.45, 2.75) is 90.9 Å². The van der Waals surface area contributed by atoms with Gasteiger partial charge in [-0.05, 0) is 25.5 Å². The maximum atomic E-state index is 11.6. The molecular formula is C23H36O6. The van der Waals surface area contributed by atoms with E-state index in [-0.39, 0.29) is 6.61 Å². The van der Waals surface area contributed by atoms with Gasteiger partial charge in [0.05, 0.1) is 17.2 Å². The fourth-order valence-corrected chi connectivity index (χ4v) is 2.94. The van der Waals surface area contributed by atoms with Gasteiger partial charge >= 0.3 is 12.1 Å². The van der Waals surface area contributed by atoms with Crippen LogP contribution in [0.1, 0.15) is 99.9 Å². The second kappa shape index (κ2) is 16.8. The Morgan fingerprint density at radius 1 is 0.724 bits per heavy atom. The van der Waals surface area contributed by atoms with Crippen molar-refractivity contribution in [2.24, 2.45) is 0 Å². The van der Waals surface area contributed by atoms with Gasteiger partial charge in [-0.25, -0.2) is 14.5 Å². The third-order valence-corrected chi connectivity index (χ3v) is 4.72. The van der Waals surface area contributed by atoms with Crippen LogP contribution in [-0.2, 0) is 19.6 Å². The first kappa shape index (κ1) is 25.0. The zero-order valence-electron chi connectivity index (χ0n) is 18.0. The predicted octanol–water partition coefficient (Wildman–Crippen LogP) is 6.85. The van der Waals surface area contributed by atoms with Gasteiger partial charge in [0.1, 0.15) is 0 Å². The minimum Gasteiger partial charge on any atom is -0.432 e. The third kappa shape index (κ3) is 13.7. The number of ether oxygens (including phenoxy) is 1. The Morgan fingerprint density at radius 3 is 1.79 bits per heavy atom. The number of hydrogen-bond acceptors (Lipinski definition) is 6. The number of benzene rings is 1. The highest BCUT2D eigenvalue weighted by atomic mass is 17.5. The monoisotopic (exact) mass is 408 g/mol. The molecule has 29 heavy (non-hydrogen) atoms. The van der Waals surface area contributed by atoms with Crippen LogP contribution >= 0.6 is 0 Å². The molecule has 1 rings (SSSR count). The maximum absolute atomic E-state index is 11.6. The molecule has 0 heterocycles. The lowest BCUT2D eigenvalue weighted by atomic mass is 10.1. The normalized spacial score (nSPS) is 10.6. The van der Waals surface area contributed by atoms with Crippen LogP contribution in [0, 0.1) is 6.92 Å². The predicted molar refractivity (Wildman–Crippen MR) is 111 cm³/mol. The van der Waals surface area contributed by atoms with Crippen molar-refractivity contribution in [3.05, 3.63) is 35.4 Å². The topological polar surface area (TPSA) is 71.1 Å². The summed E-state index contributed by atoms with van der Waals surface area (Å²) in [6.45, 7) is 4.40. The number of rotatable bonds is 16. The third-order valence-electron chi connectivity index (χ3n) is 4.72. The average molecular weight is 409 g/mol. The Labute approximate surface area is 174 Å². The Morgan fingerprint density at radius 2 is 1.24 bits per heavy atom. The average Bonchev–Trinajstić information content (AvgIpc) is 2.72. The summed E-state index contributed by atoms with van der Waals surface area (Å²) in [4.78, 5) is 31.6. The number of carbonyl (C=O) groups is 2. The van der Waals surface area contributed by atoms with E-state index in [9.17, 15) is 9.59 Å². The maximum Gasteiger partial charge on any atom is 0.543 e.